The third-order valence-corrected chi connectivity index (χ3v) is 3.59. The second-order valence-electron chi connectivity index (χ2n) is 4.04. The Morgan fingerprint density at radius 3 is 2.50 bits per heavy atom. The van der Waals surface area contributed by atoms with E-state index in [0.29, 0.717) is 16.1 Å². The van der Waals surface area contributed by atoms with Crippen molar-refractivity contribution in [3.63, 3.8) is 0 Å². The van der Waals surface area contributed by atoms with Crippen LogP contribution in [0.5, 0.6) is 0 Å². The summed E-state index contributed by atoms with van der Waals surface area (Å²) in [6, 6.07) is 8.85. The molecule has 4 heteroatoms. The number of ketones is 2. The molecule has 1 aliphatic carbocycles. The Labute approximate surface area is 113 Å². The Morgan fingerprint density at radius 2 is 1.72 bits per heavy atom. The maximum Gasteiger partial charge on any atom is 0.233 e. The van der Waals surface area contributed by atoms with Gasteiger partial charge in [-0.2, -0.15) is 0 Å². The molecule has 88 valence electrons. The number of allylic oxidation sites excluding steroid dienone is 1. The van der Waals surface area contributed by atoms with Crippen LogP contribution in [0.4, 0.5) is 0 Å². The summed E-state index contributed by atoms with van der Waals surface area (Å²) >= 11 is 12.1. The largest absolute Gasteiger partial charge is 0.285 e. The first-order valence-corrected chi connectivity index (χ1v) is 6.02. The Balaban J connectivity index is 2.42. The molecule has 0 saturated carbocycles. The van der Waals surface area contributed by atoms with Gasteiger partial charge in [0.1, 0.15) is 0 Å². The van der Waals surface area contributed by atoms with Crippen LogP contribution in [-0.2, 0) is 4.79 Å². The normalized spacial score (nSPS) is 14.7. The van der Waals surface area contributed by atoms with Crippen LogP contribution in [0.2, 0.25) is 5.02 Å². The van der Waals surface area contributed by atoms with Crippen LogP contribution in [-0.4, -0.2) is 11.6 Å². The molecule has 2 aromatic rings. The molecule has 0 spiro atoms. The number of Topliss-reactive ketones (excluding diaryl/α,β-unsaturated/α-hetero) is 1. The van der Waals surface area contributed by atoms with E-state index in [1.807, 2.05) is 12.1 Å². The van der Waals surface area contributed by atoms with Gasteiger partial charge in [-0.3, -0.25) is 9.59 Å². The minimum Gasteiger partial charge on any atom is -0.285 e. The Morgan fingerprint density at radius 1 is 0.944 bits per heavy atom. The molecule has 3 rings (SSSR count). The van der Waals surface area contributed by atoms with E-state index in [0.717, 1.165) is 16.8 Å². The van der Waals surface area contributed by atoms with Crippen molar-refractivity contribution >= 4 is 50.6 Å². The summed E-state index contributed by atoms with van der Waals surface area (Å²) in [5, 5.41) is 2.46. The van der Waals surface area contributed by atoms with Crippen LogP contribution in [0.15, 0.2) is 36.4 Å². The predicted molar refractivity (Wildman–Crippen MR) is 72.1 cm³/mol. The second kappa shape index (κ2) is 3.94. The average Bonchev–Trinajstić information content (AvgIpc) is 2.35. The number of halogens is 2. The Bertz CT molecular complexity index is 745. The van der Waals surface area contributed by atoms with Crippen molar-refractivity contribution in [3.8, 4) is 0 Å². The summed E-state index contributed by atoms with van der Waals surface area (Å²) in [5.41, 5.74) is 0.893. The molecule has 2 aromatic carbocycles. The number of carbonyl (C=O) groups excluding carboxylic acids is 2. The van der Waals surface area contributed by atoms with Gasteiger partial charge in [0.15, 0.2) is 0 Å². The monoisotopic (exact) mass is 276 g/mol. The fraction of sp³-hybridized carbons (Fsp3) is 0. The van der Waals surface area contributed by atoms with Crippen molar-refractivity contribution in [1.82, 2.24) is 0 Å². The van der Waals surface area contributed by atoms with E-state index in [1.165, 1.54) is 0 Å². The highest BCUT2D eigenvalue weighted by molar-refractivity contribution is 6.60. The van der Waals surface area contributed by atoms with Gasteiger partial charge in [-0.05, 0) is 23.6 Å². The van der Waals surface area contributed by atoms with Gasteiger partial charge in [0.05, 0.1) is 5.03 Å². The van der Waals surface area contributed by atoms with Crippen molar-refractivity contribution in [3.05, 3.63) is 52.6 Å². The molecule has 0 unspecified atom stereocenters. The first kappa shape index (κ1) is 11.5. The van der Waals surface area contributed by atoms with E-state index in [2.05, 4.69) is 0 Å². The molecule has 0 N–H and O–H groups in total. The zero-order valence-corrected chi connectivity index (χ0v) is 10.5. The van der Waals surface area contributed by atoms with Crippen LogP contribution in [0.25, 0.3) is 15.8 Å². The number of hydrogen-bond acceptors (Lipinski definition) is 2. The second-order valence-corrected chi connectivity index (χ2v) is 4.86. The molecule has 0 aromatic heterocycles. The molecular weight excluding hydrogens is 271 g/mol. The van der Waals surface area contributed by atoms with Gasteiger partial charge < -0.3 is 0 Å². The lowest BCUT2D eigenvalue weighted by Gasteiger charge is -2.13. The topological polar surface area (TPSA) is 34.1 Å². The third-order valence-electron chi connectivity index (χ3n) is 2.95. The molecule has 2 nitrogen and oxygen atoms in total. The van der Waals surface area contributed by atoms with Gasteiger partial charge in [0, 0.05) is 27.6 Å². The van der Waals surface area contributed by atoms with Gasteiger partial charge >= 0.3 is 0 Å². The molecule has 18 heavy (non-hydrogen) atoms. The van der Waals surface area contributed by atoms with Gasteiger partial charge in [0.2, 0.25) is 11.6 Å². The van der Waals surface area contributed by atoms with E-state index in [9.17, 15) is 9.59 Å². The molecule has 0 heterocycles. The van der Waals surface area contributed by atoms with Gasteiger partial charge in [-0.25, -0.2) is 0 Å². The van der Waals surface area contributed by atoms with Gasteiger partial charge in [0.25, 0.3) is 0 Å². The first-order chi connectivity index (χ1) is 8.58. The van der Waals surface area contributed by atoms with Gasteiger partial charge in [-0.15, -0.1) is 0 Å². The molecular formula is C14H6Cl2O2. The van der Waals surface area contributed by atoms with Crippen molar-refractivity contribution in [2.75, 3.05) is 0 Å². The summed E-state index contributed by atoms with van der Waals surface area (Å²) in [4.78, 5) is 23.3. The quantitative estimate of drug-likeness (QED) is 0.685. The lowest BCUT2D eigenvalue weighted by Crippen LogP contribution is -2.17. The summed E-state index contributed by atoms with van der Waals surface area (Å²) < 4.78 is 0. The zero-order valence-electron chi connectivity index (χ0n) is 9.04. The summed E-state index contributed by atoms with van der Waals surface area (Å²) in [5.74, 6) is -1.14. The molecule has 0 saturated heterocycles. The lowest BCUT2D eigenvalue weighted by atomic mass is 9.92. The number of fused-ring (bicyclic) bond motifs is 2. The highest BCUT2D eigenvalue weighted by Gasteiger charge is 2.25. The maximum absolute atomic E-state index is 11.8. The highest BCUT2D eigenvalue weighted by atomic mass is 35.5. The van der Waals surface area contributed by atoms with Crippen molar-refractivity contribution in [1.29, 1.82) is 0 Å². The fourth-order valence-corrected chi connectivity index (χ4v) is 2.56. The van der Waals surface area contributed by atoms with E-state index >= 15 is 0 Å². The molecule has 0 fully saturated rings. The van der Waals surface area contributed by atoms with E-state index in [1.54, 1.807) is 18.2 Å². The summed E-state index contributed by atoms with van der Waals surface area (Å²) in [6.45, 7) is 0. The number of benzene rings is 2. The standard InChI is InChI=1S/C14H6Cl2O2/c15-11-3-1-2-7-4-9-10(5-8(7)11)14(18)13(17)6-12(9)16/h1-6H. The maximum atomic E-state index is 11.8. The SMILES string of the molecule is O=C1C=C(Cl)c2cc3cccc(Cl)c3cc2C1=O. The molecule has 0 bridgehead atoms. The van der Waals surface area contributed by atoms with Crippen LogP contribution in [0, 0.1) is 0 Å². The number of carbonyl (C=O) groups is 2. The minimum atomic E-state index is -0.598. The van der Waals surface area contributed by atoms with Crippen LogP contribution in [0.1, 0.15) is 15.9 Å². The third kappa shape index (κ3) is 1.57. The minimum absolute atomic E-state index is 0.288. The molecule has 0 amide bonds. The van der Waals surface area contributed by atoms with Crippen LogP contribution in [0.3, 0.4) is 0 Å². The fourth-order valence-electron chi connectivity index (χ4n) is 2.06. The van der Waals surface area contributed by atoms with E-state index in [4.69, 9.17) is 23.2 Å². The molecule has 0 atom stereocenters. The van der Waals surface area contributed by atoms with Crippen molar-refractivity contribution in [2.24, 2.45) is 0 Å². The van der Waals surface area contributed by atoms with E-state index < -0.39 is 11.6 Å². The Hall–Kier alpha value is -1.64. The number of rotatable bonds is 0. The van der Waals surface area contributed by atoms with Crippen LogP contribution >= 0.6 is 23.2 Å². The van der Waals surface area contributed by atoms with Crippen LogP contribution < -0.4 is 0 Å². The highest BCUT2D eigenvalue weighted by Crippen LogP contribution is 2.33. The first-order valence-electron chi connectivity index (χ1n) is 5.26. The lowest BCUT2D eigenvalue weighted by molar-refractivity contribution is -0.110. The average molecular weight is 277 g/mol. The Kier molecular flexibility index (Phi) is 2.51. The summed E-state index contributed by atoms with van der Waals surface area (Å²) in [6.07, 6.45) is 1.16. The predicted octanol–water partition coefficient (Wildman–Crippen LogP) is 3.84. The zero-order chi connectivity index (χ0) is 12.9. The molecule has 0 radical (unpaired) electrons. The molecule has 0 aliphatic heterocycles. The molecule has 1 aliphatic rings. The smallest absolute Gasteiger partial charge is 0.233 e. The van der Waals surface area contributed by atoms with Gasteiger partial charge in [-0.1, -0.05) is 35.3 Å². The van der Waals surface area contributed by atoms with E-state index in [-0.39, 0.29) is 5.03 Å². The summed E-state index contributed by atoms with van der Waals surface area (Å²) in [7, 11) is 0. The number of hydrogen-bond donors (Lipinski definition) is 0. The van der Waals surface area contributed by atoms with Crippen molar-refractivity contribution < 1.29 is 9.59 Å². The van der Waals surface area contributed by atoms with Crippen molar-refractivity contribution in [2.45, 2.75) is 0 Å².